The first kappa shape index (κ1) is 9.91. The molecule has 1 N–H and O–H groups in total. The third-order valence-electron chi connectivity index (χ3n) is 3.90. The Kier molecular flexibility index (Phi) is 2.08. The summed E-state index contributed by atoms with van der Waals surface area (Å²) < 4.78 is 2.26. The van der Waals surface area contributed by atoms with E-state index in [0.717, 1.165) is 6.42 Å². The lowest BCUT2D eigenvalue weighted by Gasteiger charge is -2.12. The third-order valence-corrected chi connectivity index (χ3v) is 3.90. The highest BCUT2D eigenvalue weighted by atomic mass is 16.3. The van der Waals surface area contributed by atoms with Gasteiger partial charge in [-0.05, 0) is 42.2 Å². The van der Waals surface area contributed by atoms with Gasteiger partial charge in [-0.1, -0.05) is 18.2 Å². The largest absolute Gasteiger partial charge is 0.396 e. The van der Waals surface area contributed by atoms with Gasteiger partial charge < -0.3 is 9.67 Å². The van der Waals surface area contributed by atoms with E-state index in [1.807, 2.05) is 0 Å². The first-order chi connectivity index (χ1) is 7.74. The van der Waals surface area contributed by atoms with Crippen LogP contribution in [0, 0.1) is 5.41 Å². The number of aryl methyl sites for hydroxylation is 1. The van der Waals surface area contributed by atoms with Crippen molar-refractivity contribution < 1.29 is 5.11 Å². The standard InChI is InChI=1S/C14H17NO/c1-15-12(9-14(10-16)6-7-14)8-11-4-2-3-5-13(11)15/h2-5,8,16H,6-7,9-10H2,1H3. The van der Waals surface area contributed by atoms with E-state index in [1.165, 1.54) is 29.4 Å². The van der Waals surface area contributed by atoms with E-state index in [2.05, 4.69) is 41.9 Å². The van der Waals surface area contributed by atoms with Gasteiger partial charge in [0.15, 0.2) is 0 Å². The molecule has 0 aliphatic heterocycles. The summed E-state index contributed by atoms with van der Waals surface area (Å²) in [6.45, 7) is 0.328. The second kappa shape index (κ2) is 3.36. The van der Waals surface area contributed by atoms with Gasteiger partial charge in [0.2, 0.25) is 0 Å². The molecule has 2 aromatic rings. The molecule has 2 nitrogen and oxygen atoms in total. The van der Waals surface area contributed by atoms with Gasteiger partial charge in [-0.15, -0.1) is 0 Å². The monoisotopic (exact) mass is 215 g/mol. The predicted octanol–water partition coefficient (Wildman–Crippen LogP) is 2.49. The van der Waals surface area contributed by atoms with Crippen LogP contribution in [0.1, 0.15) is 18.5 Å². The fourth-order valence-corrected chi connectivity index (χ4v) is 2.47. The Bertz CT molecular complexity index is 523. The quantitative estimate of drug-likeness (QED) is 0.836. The topological polar surface area (TPSA) is 25.2 Å². The van der Waals surface area contributed by atoms with Crippen LogP contribution in [0.4, 0.5) is 0 Å². The van der Waals surface area contributed by atoms with Crippen LogP contribution in [-0.4, -0.2) is 16.3 Å². The van der Waals surface area contributed by atoms with E-state index in [-0.39, 0.29) is 5.41 Å². The second-order valence-electron chi connectivity index (χ2n) is 5.09. The minimum absolute atomic E-state index is 0.197. The zero-order chi connectivity index (χ0) is 11.2. The van der Waals surface area contributed by atoms with Crippen molar-refractivity contribution in [2.24, 2.45) is 12.5 Å². The summed E-state index contributed by atoms with van der Waals surface area (Å²) in [5.41, 5.74) is 2.82. The Hall–Kier alpha value is -1.28. The number of fused-ring (bicyclic) bond motifs is 1. The maximum Gasteiger partial charge on any atom is 0.0491 e. The lowest BCUT2D eigenvalue weighted by molar-refractivity contribution is 0.209. The molecule has 0 bridgehead atoms. The molecule has 0 unspecified atom stereocenters. The van der Waals surface area contributed by atoms with Crippen molar-refractivity contribution >= 4 is 10.9 Å². The molecule has 1 aromatic carbocycles. The molecule has 0 amide bonds. The van der Waals surface area contributed by atoms with Gasteiger partial charge >= 0.3 is 0 Å². The highest BCUT2D eigenvalue weighted by Gasteiger charge is 2.42. The van der Waals surface area contributed by atoms with Crippen molar-refractivity contribution in [3.8, 4) is 0 Å². The molecule has 0 atom stereocenters. The molecule has 1 saturated carbocycles. The van der Waals surface area contributed by atoms with Gasteiger partial charge in [-0.25, -0.2) is 0 Å². The Morgan fingerprint density at radius 1 is 1.31 bits per heavy atom. The number of aliphatic hydroxyl groups excluding tert-OH is 1. The summed E-state index contributed by atoms with van der Waals surface area (Å²) in [4.78, 5) is 0. The first-order valence-corrected chi connectivity index (χ1v) is 5.88. The van der Waals surface area contributed by atoms with Gasteiger partial charge in [0.1, 0.15) is 0 Å². The summed E-state index contributed by atoms with van der Waals surface area (Å²) in [6.07, 6.45) is 3.35. The van der Waals surface area contributed by atoms with Gasteiger partial charge in [0.05, 0.1) is 0 Å². The minimum atomic E-state index is 0.197. The lowest BCUT2D eigenvalue weighted by atomic mass is 10.0. The molecule has 3 rings (SSSR count). The third kappa shape index (κ3) is 1.45. The maximum absolute atomic E-state index is 9.37. The summed E-state index contributed by atoms with van der Waals surface area (Å²) in [6, 6.07) is 10.7. The molecular formula is C14H17NO. The van der Waals surface area contributed by atoms with Crippen LogP contribution >= 0.6 is 0 Å². The molecule has 0 saturated heterocycles. The summed E-state index contributed by atoms with van der Waals surface area (Å²) in [7, 11) is 2.12. The van der Waals surface area contributed by atoms with E-state index in [1.54, 1.807) is 0 Å². The van der Waals surface area contributed by atoms with Crippen LogP contribution in [0.5, 0.6) is 0 Å². The van der Waals surface area contributed by atoms with E-state index in [4.69, 9.17) is 0 Å². The maximum atomic E-state index is 9.37. The summed E-state index contributed by atoms with van der Waals surface area (Å²) in [5, 5.41) is 10.7. The molecule has 1 aromatic heterocycles. The number of hydrogen-bond acceptors (Lipinski definition) is 1. The van der Waals surface area contributed by atoms with Gasteiger partial charge in [-0.3, -0.25) is 0 Å². The van der Waals surface area contributed by atoms with Crippen molar-refractivity contribution in [3.63, 3.8) is 0 Å². The molecule has 1 heterocycles. The molecule has 84 valence electrons. The van der Waals surface area contributed by atoms with Crippen molar-refractivity contribution in [2.45, 2.75) is 19.3 Å². The van der Waals surface area contributed by atoms with Crippen LogP contribution < -0.4 is 0 Å². The van der Waals surface area contributed by atoms with Gasteiger partial charge in [0.25, 0.3) is 0 Å². The highest BCUT2D eigenvalue weighted by molar-refractivity contribution is 5.81. The average molecular weight is 215 g/mol. The van der Waals surface area contributed by atoms with E-state index < -0.39 is 0 Å². The number of rotatable bonds is 3. The van der Waals surface area contributed by atoms with Crippen LogP contribution in [0.25, 0.3) is 10.9 Å². The lowest BCUT2D eigenvalue weighted by Crippen LogP contribution is -2.12. The molecule has 2 heteroatoms. The Morgan fingerprint density at radius 3 is 2.69 bits per heavy atom. The summed E-state index contributed by atoms with van der Waals surface area (Å²) >= 11 is 0. The van der Waals surface area contributed by atoms with Crippen molar-refractivity contribution in [3.05, 3.63) is 36.0 Å². The smallest absolute Gasteiger partial charge is 0.0491 e. The molecule has 1 aliphatic rings. The second-order valence-corrected chi connectivity index (χ2v) is 5.09. The van der Waals surface area contributed by atoms with Crippen LogP contribution in [0.3, 0.4) is 0 Å². The van der Waals surface area contributed by atoms with E-state index in [0.29, 0.717) is 6.61 Å². The van der Waals surface area contributed by atoms with Gasteiger partial charge in [0, 0.05) is 24.9 Å². The predicted molar refractivity (Wildman–Crippen MR) is 65.4 cm³/mol. The molecule has 16 heavy (non-hydrogen) atoms. The Labute approximate surface area is 95.5 Å². The van der Waals surface area contributed by atoms with Gasteiger partial charge in [-0.2, -0.15) is 0 Å². The Balaban J connectivity index is 2.01. The SMILES string of the molecule is Cn1c(CC2(CO)CC2)cc2ccccc21. The highest BCUT2D eigenvalue weighted by Crippen LogP contribution is 2.48. The van der Waals surface area contributed by atoms with E-state index >= 15 is 0 Å². The molecule has 0 radical (unpaired) electrons. The number of para-hydroxylation sites is 1. The Morgan fingerprint density at radius 2 is 2.06 bits per heavy atom. The number of benzene rings is 1. The van der Waals surface area contributed by atoms with Crippen molar-refractivity contribution in [1.29, 1.82) is 0 Å². The van der Waals surface area contributed by atoms with Crippen LogP contribution in [-0.2, 0) is 13.5 Å². The minimum Gasteiger partial charge on any atom is -0.396 e. The van der Waals surface area contributed by atoms with Crippen molar-refractivity contribution in [2.75, 3.05) is 6.61 Å². The van der Waals surface area contributed by atoms with E-state index in [9.17, 15) is 5.11 Å². The molecule has 1 aliphatic carbocycles. The molecule has 0 spiro atoms. The summed E-state index contributed by atoms with van der Waals surface area (Å²) in [5.74, 6) is 0. The van der Waals surface area contributed by atoms with Crippen molar-refractivity contribution in [1.82, 2.24) is 4.57 Å². The number of aliphatic hydroxyl groups is 1. The fraction of sp³-hybridized carbons (Fsp3) is 0.429. The number of hydrogen-bond donors (Lipinski definition) is 1. The molecular weight excluding hydrogens is 198 g/mol. The zero-order valence-corrected chi connectivity index (χ0v) is 9.61. The van der Waals surface area contributed by atoms with Crippen LogP contribution in [0.2, 0.25) is 0 Å². The first-order valence-electron chi connectivity index (χ1n) is 5.88. The molecule has 1 fully saturated rings. The number of nitrogens with zero attached hydrogens (tertiary/aromatic N) is 1. The van der Waals surface area contributed by atoms with Crippen LogP contribution in [0.15, 0.2) is 30.3 Å². The zero-order valence-electron chi connectivity index (χ0n) is 9.61. The number of aromatic nitrogens is 1. The normalized spacial score (nSPS) is 17.9. The average Bonchev–Trinajstić information content (AvgIpc) is 3.02. The fourth-order valence-electron chi connectivity index (χ4n) is 2.47.